The van der Waals surface area contributed by atoms with Gasteiger partial charge in [-0.2, -0.15) is 0 Å². The van der Waals surface area contributed by atoms with Crippen molar-refractivity contribution in [1.29, 1.82) is 0 Å². The maximum absolute atomic E-state index is 10.9. The summed E-state index contributed by atoms with van der Waals surface area (Å²) in [7, 11) is 0. The van der Waals surface area contributed by atoms with Crippen molar-refractivity contribution >= 4 is 5.97 Å². The number of rotatable bonds is 5. The van der Waals surface area contributed by atoms with E-state index in [9.17, 15) is 4.79 Å². The van der Waals surface area contributed by atoms with E-state index in [1.54, 1.807) is 0 Å². The van der Waals surface area contributed by atoms with Gasteiger partial charge in [0.25, 0.3) is 0 Å². The van der Waals surface area contributed by atoms with Gasteiger partial charge in [-0.1, -0.05) is 13.3 Å². The van der Waals surface area contributed by atoms with Crippen molar-refractivity contribution in [3.8, 4) is 0 Å². The van der Waals surface area contributed by atoms with Crippen molar-refractivity contribution in [2.75, 3.05) is 6.54 Å². The normalized spacial score (nSPS) is 17.5. The average Bonchev–Trinajstić information content (AvgIpc) is 2.27. The minimum absolute atomic E-state index is 0.179. The van der Waals surface area contributed by atoms with Gasteiger partial charge in [0.1, 0.15) is 11.9 Å². The van der Waals surface area contributed by atoms with Crippen LogP contribution in [0.15, 0.2) is 12.5 Å². The largest absolute Gasteiger partial charge is 0.478 e. The molecule has 5 heteroatoms. The fraction of sp³-hybridized carbons (Fsp3) is 0.583. The summed E-state index contributed by atoms with van der Waals surface area (Å²) in [5.41, 5.74) is 1.12. The van der Waals surface area contributed by atoms with Crippen LogP contribution in [0.1, 0.15) is 42.2 Å². The molecular formula is C12H17N3O2. The molecule has 1 aliphatic rings. The lowest BCUT2D eigenvalue weighted by Gasteiger charge is -2.38. The quantitative estimate of drug-likeness (QED) is 0.808. The maximum Gasteiger partial charge on any atom is 0.339 e. The van der Waals surface area contributed by atoms with Crippen LogP contribution in [0, 0.1) is 5.41 Å². The summed E-state index contributed by atoms with van der Waals surface area (Å²) in [4.78, 5) is 18.7. The first-order valence-electron chi connectivity index (χ1n) is 5.84. The van der Waals surface area contributed by atoms with Crippen LogP contribution >= 0.6 is 0 Å². The second-order valence-corrected chi connectivity index (χ2v) is 4.96. The number of aromatic carboxylic acids is 1. The molecule has 1 aliphatic carbocycles. The van der Waals surface area contributed by atoms with Crippen molar-refractivity contribution in [2.45, 2.75) is 32.7 Å². The van der Waals surface area contributed by atoms with Crippen LogP contribution in [0.4, 0.5) is 0 Å². The zero-order valence-corrected chi connectivity index (χ0v) is 9.94. The highest BCUT2D eigenvalue weighted by Crippen LogP contribution is 2.39. The Morgan fingerprint density at radius 2 is 2.35 bits per heavy atom. The fourth-order valence-electron chi connectivity index (χ4n) is 2.11. The second kappa shape index (κ2) is 4.79. The summed E-state index contributed by atoms with van der Waals surface area (Å²) in [6.07, 6.45) is 6.52. The molecule has 0 aromatic carbocycles. The van der Waals surface area contributed by atoms with Gasteiger partial charge >= 0.3 is 5.97 Å². The lowest BCUT2D eigenvalue weighted by molar-refractivity contribution is 0.0694. The van der Waals surface area contributed by atoms with E-state index in [0.717, 1.165) is 6.54 Å². The van der Waals surface area contributed by atoms with Crippen LogP contribution in [-0.2, 0) is 6.54 Å². The van der Waals surface area contributed by atoms with Gasteiger partial charge in [-0.15, -0.1) is 0 Å². The number of aromatic nitrogens is 2. The molecule has 1 aromatic rings. The number of carboxylic acid groups (broad SMARTS) is 1. The molecule has 1 saturated carbocycles. The van der Waals surface area contributed by atoms with Crippen molar-refractivity contribution < 1.29 is 9.90 Å². The Balaban J connectivity index is 1.92. The van der Waals surface area contributed by atoms with Gasteiger partial charge < -0.3 is 10.4 Å². The Hall–Kier alpha value is -1.49. The average molecular weight is 235 g/mol. The van der Waals surface area contributed by atoms with Crippen molar-refractivity contribution in [1.82, 2.24) is 15.3 Å². The summed E-state index contributed by atoms with van der Waals surface area (Å²) in [5, 5.41) is 12.3. The van der Waals surface area contributed by atoms with Gasteiger partial charge in [0.15, 0.2) is 0 Å². The Labute approximate surface area is 100 Å². The fourth-order valence-corrected chi connectivity index (χ4v) is 2.11. The summed E-state index contributed by atoms with van der Waals surface area (Å²) >= 11 is 0. The molecule has 0 unspecified atom stereocenters. The molecule has 0 saturated heterocycles. The molecule has 0 amide bonds. The lowest BCUT2D eigenvalue weighted by atomic mass is 9.70. The summed E-state index contributed by atoms with van der Waals surface area (Å²) in [6, 6.07) is 0. The molecule has 0 atom stereocenters. The Morgan fingerprint density at radius 3 is 2.94 bits per heavy atom. The lowest BCUT2D eigenvalue weighted by Crippen LogP contribution is -2.37. The first kappa shape index (κ1) is 12.0. The van der Waals surface area contributed by atoms with E-state index in [1.165, 1.54) is 31.8 Å². The van der Waals surface area contributed by atoms with Crippen LogP contribution < -0.4 is 5.32 Å². The summed E-state index contributed by atoms with van der Waals surface area (Å²) < 4.78 is 0. The molecule has 5 nitrogen and oxygen atoms in total. The van der Waals surface area contributed by atoms with E-state index in [4.69, 9.17) is 5.11 Å². The third-order valence-corrected chi connectivity index (χ3v) is 3.43. The van der Waals surface area contributed by atoms with E-state index in [1.807, 2.05) is 0 Å². The third-order valence-electron chi connectivity index (χ3n) is 3.43. The van der Waals surface area contributed by atoms with E-state index < -0.39 is 5.97 Å². The van der Waals surface area contributed by atoms with E-state index in [-0.39, 0.29) is 5.56 Å². The molecular weight excluding hydrogens is 218 g/mol. The molecule has 1 fully saturated rings. The number of nitrogens with zero attached hydrogens (tertiary/aromatic N) is 2. The molecule has 0 bridgehead atoms. The highest BCUT2D eigenvalue weighted by atomic mass is 16.4. The first-order valence-corrected chi connectivity index (χ1v) is 5.84. The summed E-state index contributed by atoms with van der Waals surface area (Å²) in [6.45, 7) is 3.65. The zero-order chi connectivity index (χ0) is 12.3. The van der Waals surface area contributed by atoms with Gasteiger partial charge in [0.05, 0.1) is 5.69 Å². The van der Waals surface area contributed by atoms with Crippen molar-refractivity contribution in [3.63, 3.8) is 0 Å². The first-order chi connectivity index (χ1) is 8.11. The third kappa shape index (κ3) is 2.79. The van der Waals surface area contributed by atoms with Crippen LogP contribution in [0.5, 0.6) is 0 Å². The number of carbonyl (C=O) groups is 1. The topological polar surface area (TPSA) is 75.1 Å². The van der Waals surface area contributed by atoms with E-state index >= 15 is 0 Å². The summed E-state index contributed by atoms with van der Waals surface area (Å²) in [5.74, 6) is -0.975. The van der Waals surface area contributed by atoms with Crippen LogP contribution in [0.25, 0.3) is 0 Å². The molecule has 2 rings (SSSR count). The van der Waals surface area contributed by atoms with Crippen LogP contribution in [0.3, 0.4) is 0 Å². The maximum atomic E-state index is 10.9. The van der Waals surface area contributed by atoms with Gasteiger partial charge in [-0.05, 0) is 18.3 Å². The molecule has 0 radical (unpaired) electrons. The van der Waals surface area contributed by atoms with Crippen molar-refractivity contribution in [3.05, 3.63) is 23.8 Å². The number of hydrogen-bond acceptors (Lipinski definition) is 4. The van der Waals surface area contributed by atoms with E-state index in [0.29, 0.717) is 17.7 Å². The Bertz CT molecular complexity index is 416. The number of hydrogen-bond donors (Lipinski definition) is 2. The zero-order valence-electron chi connectivity index (χ0n) is 9.94. The molecule has 92 valence electrons. The molecule has 17 heavy (non-hydrogen) atoms. The van der Waals surface area contributed by atoms with Crippen LogP contribution in [0.2, 0.25) is 0 Å². The predicted molar refractivity (Wildman–Crippen MR) is 62.7 cm³/mol. The van der Waals surface area contributed by atoms with Gasteiger partial charge in [0, 0.05) is 19.3 Å². The number of carboxylic acids is 1. The molecule has 0 aliphatic heterocycles. The van der Waals surface area contributed by atoms with Gasteiger partial charge in [-0.25, -0.2) is 14.8 Å². The monoisotopic (exact) mass is 235 g/mol. The minimum Gasteiger partial charge on any atom is -0.478 e. The standard InChI is InChI=1S/C12H17N3O2/c1-12(3-2-4-12)7-13-6-10-9(11(16)17)5-14-8-15-10/h5,8,13H,2-4,6-7H2,1H3,(H,16,17). The molecule has 2 N–H and O–H groups in total. The highest BCUT2D eigenvalue weighted by molar-refractivity contribution is 5.88. The van der Waals surface area contributed by atoms with Gasteiger partial charge in [0.2, 0.25) is 0 Å². The minimum atomic E-state index is -0.975. The number of nitrogens with one attached hydrogen (secondary N) is 1. The van der Waals surface area contributed by atoms with Gasteiger partial charge in [-0.3, -0.25) is 0 Å². The second-order valence-electron chi connectivity index (χ2n) is 4.96. The molecule has 1 aromatic heterocycles. The Morgan fingerprint density at radius 1 is 1.59 bits per heavy atom. The van der Waals surface area contributed by atoms with E-state index in [2.05, 4.69) is 22.2 Å². The van der Waals surface area contributed by atoms with Crippen molar-refractivity contribution in [2.24, 2.45) is 5.41 Å². The Kier molecular flexibility index (Phi) is 3.38. The molecule has 1 heterocycles. The predicted octanol–water partition coefficient (Wildman–Crippen LogP) is 1.45. The smallest absolute Gasteiger partial charge is 0.339 e. The highest BCUT2D eigenvalue weighted by Gasteiger charge is 2.31. The molecule has 0 spiro atoms. The van der Waals surface area contributed by atoms with Crippen LogP contribution in [-0.4, -0.2) is 27.6 Å². The SMILES string of the molecule is CC1(CNCc2ncncc2C(=O)O)CCC1.